The molecule has 1 amide bonds. The Hall–Kier alpha value is -1.83. The number of amides is 1. The predicted octanol–water partition coefficient (Wildman–Crippen LogP) is 3.66. The number of rotatable bonds is 6. The van der Waals surface area contributed by atoms with Gasteiger partial charge in [-0.1, -0.05) is 29.8 Å². The number of benzene rings is 1. The molecule has 136 valence electrons. The molecule has 0 aliphatic heterocycles. The standard InChI is InChI=1S/C18H18ClN3O2S2/c1-11-9-26-18-21-14(7-16(23)22(11)18)10-25-12(2)17(24)20-8-13-5-3-4-6-15(13)19/h3-7,9,12H,8,10H2,1-2H3,(H,20,24). The van der Waals surface area contributed by atoms with Crippen LogP contribution < -0.4 is 10.9 Å². The molecular weight excluding hydrogens is 390 g/mol. The van der Waals surface area contributed by atoms with Gasteiger partial charge in [0.05, 0.1) is 10.9 Å². The second-order valence-corrected chi connectivity index (χ2v) is 8.42. The van der Waals surface area contributed by atoms with Gasteiger partial charge in [0.25, 0.3) is 5.56 Å². The van der Waals surface area contributed by atoms with Gasteiger partial charge in [0.1, 0.15) is 0 Å². The van der Waals surface area contributed by atoms with Crippen LogP contribution in [-0.2, 0) is 17.1 Å². The van der Waals surface area contributed by atoms with Gasteiger partial charge in [-0.05, 0) is 25.5 Å². The first-order valence-corrected chi connectivity index (χ1v) is 10.4. The van der Waals surface area contributed by atoms with E-state index in [-0.39, 0.29) is 16.7 Å². The highest BCUT2D eigenvalue weighted by Gasteiger charge is 2.15. The molecule has 1 N–H and O–H groups in total. The molecule has 0 aliphatic rings. The maximum Gasteiger partial charge on any atom is 0.258 e. The minimum Gasteiger partial charge on any atom is -0.351 e. The Morgan fingerprint density at radius 1 is 1.42 bits per heavy atom. The molecule has 5 nitrogen and oxygen atoms in total. The van der Waals surface area contributed by atoms with Gasteiger partial charge >= 0.3 is 0 Å². The number of nitrogens with zero attached hydrogens (tertiary/aromatic N) is 2. The number of hydrogen-bond acceptors (Lipinski definition) is 5. The fourth-order valence-electron chi connectivity index (χ4n) is 2.43. The summed E-state index contributed by atoms with van der Waals surface area (Å²) < 4.78 is 1.60. The van der Waals surface area contributed by atoms with E-state index < -0.39 is 0 Å². The lowest BCUT2D eigenvalue weighted by atomic mass is 10.2. The fraction of sp³-hybridized carbons (Fsp3) is 0.278. The molecule has 0 spiro atoms. The lowest BCUT2D eigenvalue weighted by Gasteiger charge is -2.12. The average Bonchev–Trinajstić information content (AvgIpc) is 3.00. The van der Waals surface area contributed by atoms with Crippen molar-refractivity contribution in [1.82, 2.24) is 14.7 Å². The number of carbonyl (C=O) groups excluding carboxylic acids is 1. The number of nitrogens with one attached hydrogen (secondary N) is 1. The molecule has 8 heteroatoms. The molecule has 0 bridgehead atoms. The summed E-state index contributed by atoms with van der Waals surface area (Å²) in [5.74, 6) is 0.434. The molecule has 3 aromatic rings. The Kier molecular flexibility index (Phi) is 6.01. The van der Waals surface area contributed by atoms with Crippen LogP contribution >= 0.6 is 34.7 Å². The number of halogens is 1. The number of aromatic nitrogens is 2. The van der Waals surface area contributed by atoms with Crippen molar-refractivity contribution in [2.45, 2.75) is 31.4 Å². The lowest BCUT2D eigenvalue weighted by Crippen LogP contribution is -2.30. The van der Waals surface area contributed by atoms with E-state index in [1.807, 2.05) is 37.4 Å². The average molecular weight is 408 g/mol. The van der Waals surface area contributed by atoms with Crippen molar-refractivity contribution in [3.63, 3.8) is 0 Å². The second-order valence-electron chi connectivity index (χ2n) is 5.84. The number of aryl methyl sites for hydroxylation is 1. The summed E-state index contributed by atoms with van der Waals surface area (Å²) in [6.07, 6.45) is 0. The van der Waals surface area contributed by atoms with E-state index in [0.29, 0.717) is 28.0 Å². The van der Waals surface area contributed by atoms with Crippen LogP contribution in [0.2, 0.25) is 5.02 Å². The van der Waals surface area contributed by atoms with Crippen molar-refractivity contribution in [3.8, 4) is 0 Å². The highest BCUT2D eigenvalue weighted by Crippen LogP contribution is 2.19. The van der Waals surface area contributed by atoms with E-state index in [2.05, 4.69) is 10.3 Å². The number of hydrogen-bond donors (Lipinski definition) is 1. The lowest BCUT2D eigenvalue weighted by molar-refractivity contribution is -0.120. The van der Waals surface area contributed by atoms with Crippen LogP contribution in [0.4, 0.5) is 0 Å². The third kappa shape index (κ3) is 4.28. The SMILES string of the molecule is Cc1csc2nc(CSC(C)C(=O)NCc3ccccc3Cl)cc(=O)n12. The molecule has 0 saturated carbocycles. The van der Waals surface area contributed by atoms with Crippen molar-refractivity contribution < 1.29 is 4.79 Å². The van der Waals surface area contributed by atoms with Crippen LogP contribution in [0, 0.1) is 6.92 Å². The van der Waals surface area contributed by atoms with Gasteiger partial charge in [-0.25, -0.2) is 4.98 Å². The number of fused-ring (bicyclic) bond motifs is 1. The van der Waals surface area contributed by atoms with E-state index in [1.54, 1.807) is 10.5 Å². The summed E-state index contributed by atoms with van der Waals surface area (Å²) in [6.45, 7) is 4.11. The van der Waals surface area contributed by atoms with Crippen molar-refractivity contribution in [2.75, 3.05) is 0 Å². The highest BCUT2D eigenvalue weighted by molar-refractivity contribution is 7.99. The number of thioether (sulfide) groups is 1. The van der Waals surface area contributed by atoms with Crippen molar-refractivity contribution in [2.24, 2.45) is 0 Å². The number of thiazole rings is 1. The van der Waals surface area contributed by atoms with E-state index >= 15 is 0 Å². The first kappa shape index (κ1) is 18.9. The minimum absolute atomic E-state index is 0.0697. The molecule has 1 atom stereocenters. The summed E-state index contributed by atoms with van der Waals surface area (Å²) >= 11 is 8.99. The van der Waals surface area contributed by atoms with Gasteiger partial charge in [-0.2, -0.15) is 0 Å². The molecule has 2 aromatic heterocycles. The number of carbonyl (C=O) groups is 1. The monoisotopic (exact) mass is 407 g/mol. The zero-order valence-corrected chi connectivity index (χ0v) is 16.7. The summed E-state index contributed by atoms with van der Waals surface area (Å²) in [5.41, 5.74) is 2.37. The third-order valence-corrected chi connectivity index (χ3v) is 6.38. The van der Waals surface area contributed by atoms with Gasteiger partial charge in [-0.15, -0.1) is 23.1 Å². The van der Waals surface area contributed by atoms with Gasteiger partial charge in [0, 0.05) is 34.5 Å². The molecular formula is C18H18ClN3O2S2. The summed E-state index contributed by atoms with van der Waals surface area (Å²) in [5, 5.41) is 5.18. The Morgan fingerprint density at radius 3 is 2.96 bits per heavy atom. The topological polar surface area (TPSA) is 63.5 Å². The van der Waals surface area contributed by atoms with Crippen molar-refractivity contribution in [1.29, 1.82) is 0 Å². The zero-order valence-electron chi connectivity index (χ0n) is 14.4. The maximum absolute atomic E-state index is 12.3. The quantitative estimate of drug-likeness (QED) is 0.677. The Bertz CT molecular complexity index is 1000. The van der Waals surface area contributed by atoms with Crippen LogP contribution in [0.3, 0.4) is 0 Å². The minimum atomic E-state index is -0.261. The summed E-state index contributed by atoms with van der Waals surface area (Å²) in [7, 11) is 0. The molecule has 0 radical (unpaired) electrons. The molecule has 3 rings (SSSR count). The first-order valence-electron chi connectivity index (χ1n) is 8.05. The van der Waals surface area contributed by atoms with Crippen LogP contribution in [0.15, 0.2) is 40.5 Å². The van der Waals surface area contributed by atoms with E-state index in [9.17, 15) is 9.59 Å². The largest absolute Gasteiger partial charge is 0.351 e. The molecule has 0 aliphatic carbocycles. The molecule has 2 heterocycles. The normalized spacial score (nSPS) is 12.3. The molecule has 0 saturated heterocycles. The molecule has 1 aromatic carbocycles. The van der Waals surface area contributed by atoms with Crippen LogP contribution in [-0.4, -0.2) is 20.5 Å². The van der Waals surface area contributed by atoms with Gasteiger partial charge in [0.2, 0.25) is 5.91 Å². The molecule has 0 fully saturated rings. The van der Waals surface area contributed by atoms with Gasteiger partial charge in [0.15, 0.2) is 4.96 Å². The summed E-state index contributed by atoms with van der Waals surface area (Å²) in [4.78, 5) is 29.6. The second kappa shape index (κ2) is 8.24. The molecule has 1 unspecified atom stereocenters. The first-order chi connectivity index (χ1) is 12.5. The van der Waals surface area contributed by atoms with E-state index in [0.717, 1.165) is 11.3 Å². The highest BCUT2D eigenvalue weighted by atomic mass is 35.5. The smallest absolute Gasteiger partial charge is 0.258 e. The Balaban J connectivity index is 1.58. The fourth-order valence-corrected chi connectivity index (χ4v) is 4.33. The van der Waals surface area contributed by atoms with Crippen molar-refractivity contribution in [3.05, 3.63) is 68.0 Å². The zero-order chi connectivity index (χ0) is 18.7. The maximum atomic E-state index is 12.3. The Morgan fingerprint density at radius 2 is 2.19 bits per heavy atom. The third-order valence-electron chi connectivity index (χ3n) is 3.89. The van der Waals surface area contributed by atoms with Crippen LogP contribution in [0.5, 0.6) is 0 Å². The van der Waals surface area contributed by atoms with E-state index in [1.165, 1.54) is 29.2 Å². The predicted molar refractivity (Wildman–Crippen MR) is 108 cm³/mol. The van der Waals surface area contributed by atoms with Crippen molar-refractivity contribution >= 4 is 45.6 Å². The Labute approximate surface area is 164 Å². The van der Waals surface area contributed by atoms with Crippen LogP contribution in [0.25, 0.3) is 4.96 Å². The van der Waals surface area contributed by atoms with Crippen LogP contribution in [0.1, 0.15) is 23.9 Å². The van der Waals surface area contributed by atoms with Gasteiger partial charge in [-0.3, -0.25) is 14.0 Å². The summed E-state index contributed by atoms with van der Waals surface area (Å²) in [6, 6.07) is 8.96. The van der Waals surface area contributed by atoms with E-state index in [4.69, 9.17) is 11.6 Å². The van der Waals surface area contributed by atoms with Gasteiger partial charge < -0.3 is 5.32 Å². The molecule has 26 heavy (non-hydrogen) atoms.